The molecular formula is C31H40N4O6S. The summed E-state index contributed by atoms with van der Waals surface area (Å²) in [4.78, 5) is 25.6. The molecule has 5 rings (SSSR count). The molecule has 2 aliphatic heterocycles. The molecule has 1 amide bonds. The van der Waals surface area contributed by atoms with Crippen LogP contribution in [0.25, 0.3) is 10.9 Å². The zero-order valence-electron chi connectivity index (χ0n) is 24.3. The van der Waals surface area contributed by atoms with E-state index in [1.54, 1.807) is 13.1 Å². The number of benzene rings is 2. The van der Waals surface area contributed by atoms with Crippen molar-refractivity contribution in [3.63, 3.8) is 0 Å². The van der Waals surface area contributed by atoms with Crippen molar-refractivity contribution in [3.05, 3.63) is 65.4 Å². The first kappa shape index (κ1) is 30.1. The minimum absolute atomic E-state index is 0.0148. The van der Waals surface area contributed by atoms with Gasteiger partial charge in [0.05, 0.1) is 23.0 Å². The monoisotopic (exact) mass is 596 g/mol. The van der Waals surface area contributed by atoms with E-state index in [1.807, 2.05) is 47.2 Å². The van der Waals surface area contributed by atoms with Crippen LogP contribution in [0.3, 0.4) is 0 Å². The highest BCUT2D eigenvalue weighted by Gasteiger charge is 2.31. The molecule has 10 nitrogen and oxygen atoms in total. The smallest absolute Gasteiger partial charge is 0.293 e. The second-order valence-corrected chi connectivity index (χ2v) is 13.2. The van der Waals surface area contributed by atoms with E-state index in [1.165, 1.54) is 4.31 Å². The molecule has 42 heavy (non-hydrogen) atoms. The summed E-state index contributed by atoms with van der Waals surface area (Å²) in [6.45, 7) is 4.61. The topological polar surface area (TPSA) is 119 Å². The van der Waals surface area contributed by atoms with Crippen molar-refractivity contribution in [1.29, 1.82) is 0 Å². The van der Waals surface area contributed by atoms with Gasteiger partial charge in [-0.1, -0.05) is 43.7 Å². The van der Waals surface area contributed by atoms with E-state index in [0.717, 1.165) is 47.7 Å². The van der Waals surface area contributed by atoms with E-state index in [-0.39, 0.29) is 17.7 Å². The van der Waals surface area contributed by atoms with Crippen molar-refractivity contribution in [2.75, 3.05) is 36.9 Å². The molecule has 0 aliphatic carbocycles. The Bertz CT molecular complexity index is 1500. The molecule has 11 heteroatoms. The molecule has 2 N–H and O–H groups in total. The number of sulfonamides is 1. The van der Waals surface area contributed by atoms with E-state index in [0.29, 0.717) is 50.4 Å². The van der Waals surface area contributed by atoms with Gasteiger partial charge in [-0.05, 0) is 48.9 Å². The number of amides is 1. The zero-order valence-corrected chi connectivity index (χ0v) is 25.1. The van der Waals surface area contributed by atoms with Crippen LogP contribution in [0.1, 0.15) is 47.7 Å². The maximum Gasteiger partial charge on any atom is 0.293 e. The lowest BCUT2D eigenvalue weighted by molar-refractivity contribution is -0.134. The summed E-state index contributed by atoms with van der Waals surface area (Å²) in [5, 5.41) is 7.51. The second-order valence-electron chi connectivity index (χ2n) is 11.1. The molecule has 0 radical (unpaired) electrons. The van der Waals surface area contributed by atoms with Gasteiger partial charge >= 0.3 is 0 Å². The number of rotatable bonds is 12. The molecule has 2 aliphatic rings. The standard InChI is InChI=1S/C31H40N4O6S/c1-3-7-23-20-35-12-15-42(38,39)34(2)28-18-24(17-26(23)30(28)35)31(37)33-27(16-22-8-5-4-6-9-22)29(41-21-36)19-32-25-10-13-40-14-11-25/h4-6,8-9,17-18,20-21,25,27,29,32H,3,7,10-16,19H2,1-2H3,(H,33,37)/t27-,29+/m0/s1. The number of ether oxygens (including phenoxy) is 2. The van der Waals surface area contributed by atoms with Crippen LogP contribution in [0.15, 0.2) is 48.7 Å². The Morgan fingerprint density at radius 1 is 1.19 bits per heavy atom. The van der Waals surface area contributed by atoms with Crippen LogP contribution in [0.5, 0.6) is 0 Å². The number of carbonyl (C=O) groups is 2. The molecule has 1 aromatic heterocycles. The van der Waals surface area contributed by atoms with Crippen LogP contribution in [0, 0.1) is 0 Å². The lowest BCUT2D eigenvalue weighted by Crippen LogP contribution is -2.51. The minimum atomic E-state index is -3.55. The third-order valence-electron chi connectivity index (χ3n) is 8.29. The first-order valence-corrected chi connectivity index (χ1v) is 16.3. The summed E-state index contributed by atoms with van der Waals surface area (Å²) < 4.78 is 40.3. The van der Waals surface area contributed by atoms with E-state index in [4.69, 9.17) is 9.47 Å². The van der Waals surface area contributed by atoms with Gasteiger partial charge < -0.3 is 24.7 Å². The molecule has 2 aromatic carbocycles. The number of nitrogens with one attached hydrogen (secondary N) is 2. The molecular weight excluding hydrogens is 556 g/mol. The molecule has 1 saturated heterocycles. The third-order valence-corrected chi connectivity index (χ3v) is 10.0. The minimum Gasteiger partial charge on any atom is -0.461 e. The van der Waals surface area contributed by atoms with Gasteiger partial charge in [-0.25, -0.2) is 8.42 Å². The molecule has 0 spiro atoms. The normalized spacial score (nSPS) is 18.3. The quantitative estimate of drug-likeness (QED) is 0.309. The van der Waals surface area contributed by atoms with Crippen LogP contribution in [0.4, 0.5) is 5.69 Å². The number of hydrogen-bond donors (Lipinski definition) is 2. The summed E-state index contributed by atoms with van der Waals surface area (Å²) in [5.74, 6) is -0.371. The molecule has 3 aromatic rings. The SMILES string of the molecule is CCCc1cn2c3c(cc(C(=O)N[C@@H](Cc4ccccc4)[C@@H](CNC4CCOCC4)OC=O)cc13)N(C)S(=O)(=O)CC2. The number of hydrogen-bond acceptors (Lipinski definition) is 7. The first-order valence-electron chi connectivity index (χ1n) is 14.7. The van der Waals surface area contributed by atoms with E-state index >= 15 is 0 Å². The predicted octanol–water partition coefficient (Wildman–Crippen LogP) is 3.02. The van der Waals surface area contributed by atoms with Gasteiger partial charge in [-0.3, -0.25) is 13.9 Å². The fourth-order valence-electron chi connectivity index (χ4n) is 5.94. The van der Waals surface area contributed by atoms with Crippen LogP contribution >= 0.6 is 0 Å². The van der Waals surface area contributed by atoms with Crippen LogP contribution in [-0.4, -0.2) is 76.1 Å². The summed E-state index contributed by atoms with van der Waals surface area (Å²) in [7, 11) is -2.00. The lowest BCUT2D eigenvalue weighted by atomic mass is 9.99. The average Bonchev–Trinajstić information content (AvgIpc) is 3.31. The summed E-state index contributed by atoms with van der Waals surface area (Å²) in [5.41, 5.74) is 3.74. The number of aryl methyl sites for hydroxylation is 2. The fourth-order valence-corrected chi connectivity index (χ4v) is 7.08. The molecule has 0 bridgehead atoms. The van der Waals surface area contributed by atoms with Crippen LogP contribution in [-0.2, 0) is 43.7 Å². The van der Waals surface area contributed by atoms with Crippen LogP contribution < -0.4 is 14.9 Å². The Morgan fingerprint density at radius 3 is 2.67 bits per heavy atom. The summed E-state index contributed by atoms with van der Waals surface area (Å²) in [6.07, 6.45) is 5.30. The molecule has 2 atom stereocenters. The van der Waals surface area contributed by atoms with Gasteiger partial charge in [-0.2, -0.15) is 0 Å². The number of nitrogens with zero attached hydrogens (tertiary/aromatic N) is 2. The zero-order chi connectivity index (χ0) is 29.7. The van der Waals surface area contributed by atoms with Gasteiger partial charge in [-0.15, -0.1) is 0 Å². The first-order chi connectivity index (χ1) is 20.3. The van der Waals surface area contributed by atoms with E-state index in [9.17, 15) is 18.0 Å². The Morgan fingerprint density at radius 2 is 1.95 bits per heavy atom. The molecule has 1 fully saturated rings. The van der Waals surface area contributed by atoms with E-state index < -0.39 is 22.2 Å². The van der Waals surface area contributed by atoms with Crippen molar-refractivity contribution in [1.82, 2.24) is 15.2 Å². The lowest BCUT2D eigenvalue weighted by Gasteiger charge is -2.30. The fraction of sp³-hybridized carbons (Fsp3) is 0.484. The summed E-state index contributed by atoms with van der Waals surface area (Å²) in [6, 6.07) is 13.0. The van der Waals surface area contributed by atoms with Gasteiger partial charge in [0.25, 0.3) is 12.4 Å². The van der Waals surface area contributed by atoms with E-state index in [2.05, 4.69) is 17.6 Å². The van der Waals surface area contributed by atoms with Crippen molar-refractivity contribution in [3.8, 4) is 0 Å². The Kier molecular flexibility index (Phi) is 9.50. The average molecular weight is 597 g/mol. The van der Waals surface area contributed by atoms with Crippen molar-refractivity contribution in [2.24, 2.45) is 0 Å². The van der Waals surface area contributed by atoms with Gasteiger partial charge in [0.15, 0.2) is 0 Å². The van der Waals surface area contributed by atoms with Crippen molar-refractivity contribution < 1.29 is 27.5 Å². The number of aromatic nitrogens is 1. The van der Waals surface area contributed by atoms with Crippen LogP contribution in [0.2, 0.25) is 0 Å². The highest BCUT2D eigenvalue weighted by atomic mass is 32.2. The van der Waals surface area contributed by atoms with Gasteiger partial charge in [0, 0.05) is 56.5 Å². The Labute approximate surface area is 247 Å². The molecule has 0 saturated carbocycles. The number of carbonyl (C=O) groups excluding carboxylic acids is 2. The highest BCUT2D eigenvalue weighted by Crippen LogP contribution is 2.36. The largest absolute Gasteiger partial charge is 0.461 e. The Hall–Kier alpha value is -3.41. The van der Waals surface area contributed by atoms with Crippen molar-refractivity contribution in [2.45, 2.75) is 63.8 Å². The maximum absolute atomic E-state index is 14.0. The third kappa shape index (κ3) is 6.63. The van der Waals surface area contributed by atoms with Gasteiger partial charge in [0.2, 0.25) is 10.0 Å². The summed E-state index contributed by atoms with van der Waals surface area (Å²) >= 11 is 0. The second kappa shape index (κ2) is 13.3. The predicted molar refractivity (Wildman–Crippen MR) is 162 cm³/mol. The van der Waals surface area contributed by atoms with Gasteiger partial charge in [0.1, 0.15) is 6.10 Å². The number of anilines is 1. The highest BCUT2D eigenvalue weighted by molar-refractivity contribution is 7.92. The van der Waals surface area contributed by atoms with Crippen molar-refractivity contribution >= 4 is 39.0 Å². The maximum atomic E-state index is 14.0. The molecule has 0 unspecified atom stereocenters. The Balaban J connectivity index is 1.48. The molecule has 3 heterocycles. The molecule has 226 valence electrons.